The number of hydrogen-bond acceptors (Lipinski definition) is 5. The number of amides is 1. The van der Waals surface area contributed by atoms with Crippen LogP contribution in [0.2, 0.25) is 0 Å². The molecule has 104 valence electrons. The molecule has 2 N–H and O–H groups in total. The number of methoxy groups -OCH3 is 1. The minimum Gasteiger partial charge on any atom is -0.386 e. The molecule has 7 heteroatoms. The Balaban J connectivity index is 2.61. The Kier molecular flexibility index (Phi) is 4.96. The van der Waals surface area contributed by atoms with Crippen LogP contribution in [0.25, 0.3) is 0 Å². The number of nitrogens with zero attached hydrogens (tertiary/aromatic N) is 1. The lowest BCUT2D eigenvalue weighted by Gasteiger charge is -2.22. The van der Waals surface area contributed by atoms with Gasteiger partial charge in [0.2, 0.25) is 0 Å². The Morgan fingerprint density at radius 2 is 2.05 bits per heavy atom. The molecule has 0 spiro atoms. The summed E-state index contributed by atoms with van der Waals surface area (Å²) in [4.78, 5) is 21.7. The Labute approximate surface area is 110 Å². The van der Waals surface area contributed by atoms with Gasteiger partial charge in [0, 0.05) is 31.4 Å². The van der Waals surface area contributed by atoms with Crippen molar-refractivity contribution < 1.29 is 19.6 Å². The molecule has 0 aliphatic rings. The molecule has 1 amide bonds. The van der Waals surface area contributed by atoms with Gasteiger partial charge in [-0.3, -0.25) is 14.9 Å². The number of carbonyl (C=O) groups excluding carboxylic acids is 1. The zero-order valence-electron chi connectivity index (χ0n) is 10.8. The molecule has 0 aromatic heterocycles. The van der Waals surface area contributed by atoms with Crippen LogP contribution in [0, 0.1) is 10.1 Å². The predicted octanol–water partition coefficient (Wildman–Crippen LogP) is 0.722. The Bertz CT molecular complexity index is 456. The van der Waals surface area contributed by atoms with Gasteiger partial charge in [0.1, 0.15) is 5.60 Å². The minimum atomic E-state index is -1.16. The second kappa shape index (κ2) is 6.26. The number of aliphatic hydroxyl groups is 1. The number of rotatable bonds is 6. The third kappa shape index (κ3) is 4.65. The van der Waals surface area contributed by atoms with Crippen molar-refractivity contribution in [2.24, 2.45) is 0 Å². The zero-order chi connectivity index (χ0) is 14.5. The van der Waals surface area contributed by atoms with Crippen LogP contribution in [-0.2, 0) is 4.74 Å². The summed E-state index contributed by atoms with van der Waals surface area (Å²) >= 11 is 0. The summed E-state index contributed by atoms with van der Waals surface area (Å²) in [5.41, 5.74) is -0.952. The summed E-state index contributed by atoms with van der Waals surface area (Å²) < 4.78 is 4.81. The third-order valence-electron chi connectivity index (χ3n) is 2.43. The fourth-order valence-electron chi connectivity index (χ4n) is 1.47. The number of non-ortho nitro benzene ring substituents is 1. The molecule has 7 nitrogen and oxygen atoms in total. The van der Waals surface area contributed by atoms with Gasteiger partial charge >= 0.3 is 0 Å². The monoisotopic (exact) mass is 268 g/mol. The van der Waals surface area contributed by atoms with E-state index in [9.17, 15) is 20.0 Å². The van der Waals surface area contributed by atoms with Crippen molar-refractivity contribution >= 4 is 11.6 Å². The van der Waals surface area contributed by atoms with Crippen molar-refractivity contribution in [1.29, 1.82) is 0 Å². The van der Waals surface area contributed by atoms with E-state index in [1.54, 1.807) is 0 Å². The van der Waals surface area contributed by atoms with Crippen LogP contribution < -0.4 is 5.32 Å². The first-order valence-corrected chi connectivity index (χ1v) is 5.60. The molecule has 0 bridgehead atoms. The molecule has 0 aliphatic carbocycles. The lowest BCUT2D eigenvalue weighted by Crippen LogP contribution is -2.43. The van der Waals surface area contributed by atoms with Gasteiger partial charge in [0.15, 0.2) is 0 Å². The zero-order valence-corrected chi connectivity index (χ0v) is 10.8. The van der Waals surface area contributed by atoms with Crippen LogP contribution in [0.3, 0.4) is 0 Å². The van der Waals surface area contributed by atoms with E-state index in [-0.39, 0.29) is 18.8 Å². The van der Waals surface area contributed by atoms with Crippen molar-refractivity contribution in [3.63, 3.8) is 0 Å². The number of nitro groups is 1. The lowest BCUT2D eigenvalue weighted by atomic mass is 10.1. The number of ether oxygens (including phenoxy) is 1. The van der Waals surface area contributed by atoms with Gasteiger partial charge in [-0.1, -0.05) is 0 Å². The van der Waals surface area contributed by atoms with Gasteiger partial charge in [0.05, 0.1) is 11.5 Å². The van der Waals surface area contributed by atoms with E-state index in [4.69, 9.17) is 4.74 Å². The van der Waals surface area contributed by atoms with Gasteiger partial charge in [-0.2, -0.15) is 0 Å². The van der Waals surface area contributed by atoms with Crippen LogP contribution in [0.5, 0.6) is 0 Å². The Morgan fingerprint density at radius 3 is 2.53 bits per heavy atom. The Morgan fingerprint density at radius 1 is 1.47 bits per heavy atom. The summed E-state index contributed by atoms with van der Waals surface area (Å²) in [6.45, 7) is 1.65. The molecule has 0 saturated carbocycles. The number of benzene rings is 1. The maximum absolute atomic E-state index is 11.7. The van der Waals surface area contributed by atoms with Gasteiger partial charge in [-0.15, -0.1) is 0 Å². The first-order chi connectivity index (χ1) is 8.85. The van der Waals surface area contributed by atoms with E-state index in [0.717, 1.165) is 0 Å². The molecule has 1 unspecified atom stereocenters. The summed E-state index contributed by atoms with van der Waals surface area (Å²) in [6, 6.07) is 5.22. The molecule has 1 aromatic rings. The van der Waals surface area contributed by atoms with Gasteiger partial charge in [-0.25, -0.2) is 0 Å². The van der Waals surface area contributed by atoms with Gasteiger partial charge in [0.25, 0.3) is 11.6 Å². The standard InChI is InChI=1S/C12H16N2O5/c1-12(16,8-19-2)7-13-11(15)9-3-5-10(6-4-9)14(17)18/h3-6,16H,7-8H2,1-2H3,(H,13,15). The van der Waals surface area contributed by atoms with Crippen molar-refractivity contribution in [3.8, 4) is 0 Å². The lowest BCUT2D eigenvalue weighted by molar-refractivity contribution is -0.384. The highest BCUT2D eigenvalue weighted by Crippen LogP contribution is 2.12. The fraction of sp³-hybridized carbons (Fsp3) is 0.417. The predicted molar refractivity (Wildman–Crippen MR) is 67.9 cm³/mol. The SMILES string of the molecule is COCC(C)(O)CNC(=O)c1ccc([N+](=O)[O-])cc1. The highest BCUT2D eigenvalue weighted by atomic mass is 16.6. The molecule has 19 heavy (non-hydrogen) atoms. The molecule has 0 aliphatic heterocycles. The third-order valence-corrected chi connectivity index (χ3v) is 2.43. The normalized spacial score (nSPS) is 13.6. The first-order valence-electron chi connectivity index (χ1n) is 5.60. The van der Waals surface area contributed by atoms with E-state index in [2.05, 4.69) is 5.32 Å². The minimum absolute atomic E-state index is 0.0245. The van der Waals surface area contributed by atoms with Crippen LogP contribution >= 0.6 is 0 Å². The second-order valence-corrected chi connectivity index (χ2v) is 4.42. The molecular weight excluding hydrogens is 252 g/mol. The topological polar surface area (TPSA) is 102 Å². The quantitative estimate of drug-likeness (QED) is 0.584. The van der Waals surface area contributed by atoms with E-state index in [1.165, 1.54) is 38.3 Å². The van der Waals surface area contributed by atoms with Crippen LogP contribution in [0.4, 0.5) is 5.69 Å². The molecule has 0 saturated heterocycles. The van der Waals surface area contributed by atoms with Crippen molar-refractivity contribution in [3.05, 3.63) is 39.9 Å². The summed E-state index contributed by atoms with van der Waals surface area (Å²) in [7, 11) is 1.45. The maximum Gasteiger partial charge on any atom is 0.269 e. The van der Waals surface area contributed by atoms with E-state index in [1.807, 2.05) is 0 Å². The van der Waals surface area contributed by atoms with Gasteiger partial charge < -0.3 is 15.2 Å². The van der Waals surface area contributed by atoms with Crippen molar-refractivity contribution in [2.45, 2.75) is 12.5 Å². The van der Waals surface area contributed by atoms with E-state index >= 15 is 0 Å². The highest BCUT2D eigenvalue weighted by Gasteiger charge is 2.21. The number of carbonyl (C=O) groups is 1. The molecule has 0 fully saturated rings. The number of nitro benzene ring substituents is 1. The molecule has 1 rings (SSSR count). The molecule has 1 aromatic carbocycles. The summed E-state index contributed by atoms with van der Waals surface area (Å²) in [6.07, 6.45) is 0. The molecular formula is C12H16N2O5. The molecule has 0 radical (unpaired) electrons. The molecule has 0 heterocycles. The van der Waals surface area contributed by atoms with Gasteiger partial charge in [-0.05, 0) is 19.1 Å². The van der Waals surface area contributed by atoms with Crippen LogP contribution in [0.1, 0.15) is 17.3 Å². The van der Waals surface area contributed by atoms with E-state index < -0.39 is 16.4 Å². The Hall–Kier alpha value is -1.99. The van der Waals surface area contributed by atoms with Crippen LogP contribution in [0.15, 0.2) is 24.3 Å². The molecule has 1 atom stereocenters. The number of nitrogens with one attached hydrogen (secondary N) is 1. The largest absolute Gasteiger partial charge is 0.386 e. The summed E-state index contributed by atoms with van der Waals surface area (Å²) in [5, 5.41) is 22.8. The average molecular weight is 268 g/mol. The van der Waals surface area contributed by atoms with E-state index in [0.29, 0.717) is 5.56 Å². The van der Waals surface area contributed by atoms with Crippen molar-refractivity contribution in [2.75, 3.05) is 20.3 Å². The average Bonchev–Trinajstić information content (AvgIpc) is 2.36. The summed E-state index contributed by atoms with van der Waals surface area (Å²) in [5.74, 6) is -0.411. The first kappa shape index (κ1) is 15.1. The smallest absolute Gasteiger partial charge is 0.269 e. The van der Waals surface area contributed by atoms with Crippen molar-refractivity contribution in [1.82, 2.24) is 5.32 Å². The second-order valence-electron chi connectivity index (χ2n) is 4.42. The van der Waals surface area contributed by atoms with Crippen LogP contribution in [-0.4, -0.2) is 41.8 Å². The highest BCUT2D eigenvalue weighted by molar-refractivity contribution is 5.94. The fourth-order valence-corrected chi connectivity index (χ4v) is 1.47. The maximum atomic E-state index is 11.7. The number of hydrogen-bond donors (Lipinski definition) is 2.